The van der Waals surface area contributed by atoms with Gasteiger partial charge >= 0.3 is 5.97 Å². The lowest BCUT2D eigenvalue weighted by Gasteiger charge is -2.10. The molecule has 0 unspecified atom stereocenters. The lowest BCUT2D eigenvalue weighted by atomic mass is 10.1. The molecule has 0 amide bonds. The van der Waals surface area contributed by atoms with Crippen molar-refractivity contribution in [1.82, 2.24) is 25.3 Å². The Kier molecular flexibility index (Phi) is 4.83. The fourth-order valence-electron chi connectivity index (χ4n) is 2.68. The molecule has 4 rings (SSSR count). The standard InChI is InChI=1S/C18H13ClN6O4/c19-13-7-2-1-4-11(13)9-28-12-6-3-5-10(8-12)15-14(18(26)27)21-24-25(15)17-16(20)22-29-23-17/h1-8H,9H2,(H2,20,22)(H,26,27). The molecule has 0 aliphatic carbocycles. The van der Waals surface area contributed by atoms with Crippen LogP contribution in [0.5, 0.6) is 5.75 Å². The maximum absolute atomic E-state index is 11.6. The summed E-state index contributed by atoms with van der Waals surface area (Å²) in [6, 6.07) is 14.1. The third-order valence-electron chi connectivity index (χ3n) is 4.03. The molecule has 2 aromatic heterocycles. The summed E-state index contributed by atoms with van der Waals surface area (Å²) in [4.78, 5) is 11.6. The summed E-state index contributed by atoms with van der Waals surface area (Å²) < 4.78 is 11.6. The van der Waals surface area contributed by atoms with E-state index in [0.717, 1.165) is 10.2 Å². The molecule has 3 N–H and O–H groups in total. The molecule has 10 nitrogen and oxygen atoms in total. The highest BCUT2D eigenvalue weighted by Crippen LogP contribution is 2.29. The Bertz CT molecular complexity index is 1190. The van der Waals surface area contributed by atoms with Crippen LogP contribution in [0.25, 0.3) is 17.1 Å². The number of benzene rings is 2. The van der Waals surface area contributed by atoms with Crippen LogP contribution in [-0.2, 0) is 6.61 Å². The molecule has 0 radical (unpaired) electrons. The topological polar surface area (TPSA) is 142 Å². The smallest absolute Gasteiger partial charge is 0.358 e. The van der Waals surface area contributed by atoms with E-state index in [1.165, 1.54) is 0 Å². The molecule has 0 saturated carbocycles. The number of nitrogens with zero attached hydrogens (tertiary/aromatic N) is 5. The minimum atomic E-state index is -1.26. The van der Waals surface area contributed by atoms with Crippen molar-refractivity contribution in [2.75, 3.05) is 5.73 Å². The number of anilines is 1. The van der Waals surface area contributed by atoms with Crippen LogP contribution in [0.2, 0.25) is 5.02 Å². The van der Waals surface area contributed by atoms with Gasteiger partial charge in [-0.1, -0.05) is 47.1 Å². The van der Waals surface area contributed by atoms with E-state index < -0.39 is 5.97 Å². The van der Waals surface area contributed by atoms with Crippen LogP contribution >= 0.6 is 11.6 Å². The molecule has 0 fully saturated rings. The van der Waals surface area contributed by atoms with Crippen LogP contribution in [0.15, 0.2) is 53.2 Å². The number of hydrogen-bond donors (Lipinski definition) is 2. The Labute approximate surface area is 168 Å². The number of aromatic carboxylic acids is 1. The first-order chi connectivity index (χ1) is 14.0. The minimum absolute atomic E-state index is 0.0300. The van der Waals surface area contributed by atoms with E-state index in [9.17, 15) is 9.90 Å². The Morgan fingerprint density at radius 3 is 2.76 bits per heavy atom. The molecule has 0 aliphatic rings. The molecule has 2 aromatic carbocycles. The number of aromatic nitrogens is 5. The SMILES string of the molecule is Nc1nonc1-n1nnc(C(=O)O)c1-c1cccc(OCc2ccccc2Cl)c1. The maximum atomic E-state index is 11.6. The third kappa shape index (κ3) is 3.60. The van der Waals surface area contributed by atoms with Gasteiger partial charge in [-0.3, -0.25) is 0 Å². The van der Waals surface area contributed by atoms with Gasteiger partial charge in [-0.25, -0.2) is 9.42 Å². The van der Waals surface area contributed by atoms with Gasteiger partial charge in [0.15, 0.2) is 5.69 Å². The average Bonchev–Trinajstić information content (AvgIpc) is 3.33. The first-order valence-electron chi connectivity index (χ1n) is 8.28. The van der Waals surface area contributed by atoms with Crippen LogP contribution < -0.4 is 10.5 Å². The van der Waals surface area contributed by atoms with E-state index in [-0.39, 0.29) is 29.6 Å². The summed E-state index contributed by atoms with van der Waals surface area (Å²) >= 11 is 6.15. The van der Waals surface area contributed by atoms with E-state index in [1.54, 1.807) is 30.3 Å². The summed E-state index contributed by atoms with van der Waals surface area (Å²) in [5, 5.41) is 24.8. The molecule has 2 heterocycles. The predicted molar refractivity (Wildman–Crippen MR) is 102 cm³/mol. The van der Waals surface area contributed by atoms with E-state index in [2.05, 4.69) is 25.3 Å². The number of nitrogen functional groups attached to an aromatic ring is 1. The average molecular weight is 413 g/mol. The summed E-state index contributed by atoms with van der Waals surface area (Å²) in [6.45, 7) is 0.243. The lowest BCUT2D eigenvalue weighted by molar-refractivity contribution is 0.0691. The zero-order chi connectivity index (χ0) is 20.4. The molecular formula is C18H13ClN6O4. The Morgan fingerprint density at radius 1 is 1.21 bits per heavy atom. The molecule has 0 atom stereocenters. The summed E-state index contributed by atoms with van der Waals surface area (Å²) in [7, 11) is 0. The molecule has 146 valence electrons. The highest BCUT2D eigenvalue weighted by molar-refractivity contribution is 6.31. The number of carboxylic acid groups (broad SMARTS) is 1. The van der Waals surface area contributed by atoms with Crippen molar-refractivity contribution in [3.05, 3.63) is 64.8 Å². The van der Waals surface area contributed by atoms with Gasteiger partial charge in [-0.2, -0.15) is 4.68 Å². The largest absolute Gasteiger partial charge is 0.489 e. The van der Waals surface area contributed by atoms with Gasteiger partial charge in [0.1, 0.15) is 18.1 Å². The van der Waals surface area contributed by atoms with Crippen LogP contribution in [0, 0.1) is 0 Å². The first-order valence-corrected chi connectivity index (χ1v) is 8.66. The minimum Gasteiger partial charge on any atom is -0.489 e. The van der Waals surface area contributed by atoms with E-state index >= 15 is 0 Å². The molecular weight excluding hydrogens is 400 g/mol. The Balaban J connectivity index is 1.71. The maximum Gasteiger partial charge on any atom is 0.358 e. The summed E-state index contributed by atoms with van der Waals surface area (Å²) in [5.74, 6) is -0.789. The van der Waals surface area contributed by atoms with Crippen molar-refractivity contribution < 1.29 is 19.3 Å². The zero-order valence-electron chi connectivity index (χ0n) is 14.7. The van der Waals surface area contributed by atoms with Crippen molar-refractivity contribution in [2.24, 2.45) is 0 Å². The molecule has 0 aliphatic heterocycles. The number of carboxylic acids is 1. The number of halogens is 1. The van der Waals surface area contributed by atoms with Gasteiger partial charge in [-0.05, 0) is 28.5 Å². The van der Waals surface area contributed by atoms with Crippen LogP contribution in [-0.4, -0.2) is 36.4 Å². The number of ether oxygens (including phenoxy) is 1. The predicted octanol–water partition coefficient (Wildman–Crippen LogP) is 2.83. The van der Waals surface area contributed by atoms with Crippen molar-refractivity contribution >= 4 is 23.4 Å². The normalized spacial score (nSPS) is 10.8. The second kappa shape index (κ2) is 7.60. The summed E-state index contributed by atoms with van der Waals surface area (Å²) in [6.07, 6.45) is 0. The molecule has 11 heteroatoms. The third-order valence-corrected chi connectivity index (χ3v) is 4.40. The highest BCUT2D eigenvalue weighted by atomic mass is 35.5. The number of carbonyl (C=O) groups is 1. The number of hydrogen-bond acceptors (Lipinski definition) is 8. The van der Waals surface area contributed by atoms with Crippen LogP contribution in [0.4, 0.5) is 5.82 Å². The zero-order valence-corrected chi connectivity index (χ0v) is 15.4. The van der Waals surface area contributed by atoms with E-state index in [1.807, 2.05) is 18.2 Å². The van der Waals surface area contributed by atoms with Crippen molar-refractivity contribution in [2.45, 2.75) is 6.61 Å². The number of rotatable bonds is 6. The van der Waals surface area contributed by atoms with Gasteiger partial charge in [0, 0.05) is 16.1 Å². The fourth-order valence-corrected chi connectivity index (χ4v) is 2.87. The lowest BCUT2D eigenvalue weighted by Crippen LogP contribution is -2.06. The van der Waals surface area contributed by atoms with Gasteiger partial charge < -0.3 is 15.6 Å². The van der Waals surface area contributed by atoms with Gasteiger partial charge in [0.2, 0.25) is 11.6 Å². The quantitative estimate of drug-likeness (QED) is 0.488. The molecule has 0 spiro atoms. The van der Waals surface area contributed by atoms with Crippen molar-refractivity contribution in [3.8, 4) is 22.8 Å². The summed E-state index contributed by atoms with van der Waals surface area (Å²) in [5.41, 5.74) is 6.89. The fraction of sp³-hybridized carbons (Fsp3) is 0.0556. The Morgan fingerprint density at radius 2 is 2.03 bits per heavy atom. The van der Waals surface area contributed by atoms with E-state index in [4.69, 9.17) is 22.1 Å². The van der Waals surface area contributed by atoms with Crippen molar-refractivity contribution in [1.29, 1.82) is 0 Å². The monoisotopic (exact) mass is 412 g/mol. The van der Waals surface area contributed by atoms with Gasteiger partial charge in [-0.15, -0.1) is 5.10 Å². The Hall–Kier alpha value is -3.92. The molecule has 4 aromatic rings. The van der Waals surface area contributed by atoms with Crippen LogP contribution in [0.1, 0.15) is 16.1 Å². The second-order valence-electron chi connectivity index (χ2n) is 5.88. The second-order valence-corrected chi connectivity index (χ2v) is 6.29. The molecule has 0 saturated heterocycles. The van der Waals surface area contributed by atoms with Crippen LogP contribution in [0.3, 0.4) is 0 Å². The molecule has 0 bridgehead atoms. The first kappa shape index (κ1) is 18.4. The van der Waals surface area contributed by atoms with E-state index in [0.29, 0.717) is 16.3 Å². The molecule has 29 heavy (non-hydrogen) atoms. The number of nitrogens with two attached hydrogens (primary N) is 1. The van der Waals surface area contributed by atoms with Gasteiger partial charge in [0.05, 0.1) is 0 Å². The van der Waals surface area contributed by atoms with Gasteiger partial charge in [0.25, 0.3) is 0 Å². The highest BCUT2D eigenvalue weighted by Gasteiger charge is 2.25. The van der Waals surface area contributed by atoms with Crippen molar-refractivity contribution in [3.63, 3.8) is 0 Å².